The van der Waals surface area contributed by atoms with E-state index in [1.165, 1.54) is 0 Å². The van der Waals surface area contributed by atoms with E-state index in [4.69, 9.17) is 9.47 Å². The molecule has 5 aliphatic rings. The highest BCUT2D eigenvalue weighted by molar-refractivity contribution is 5.88. The molecule has 0 bridgehead atoms. The standard InChI is InChI=1S/C27H43NO5/c1-4-33-24-15-26(2)17(13-21(24)29)5-6-18-19-7-8-20(27(19,3)14-22(30)25(18)26)23(31)16-28-9-11-32-12-10-28/h17-21,24-25,29H,4-16H2,1-3H3/t17-,18-,19-,20+,21-,24-,25+,26-,27-/m0/s1. The minimum atomic E-state index is -0.419. The van der Waals surface area contributed by atoms with Gasteiger partial charge in [-0.05, 0) is 74.0 Å². The van der Waals surface area contributed by atoms with Crippen LogP contribution in [0.25, 0.3) is 0 Å². The summed E-state index contributed by atoms with van der Waals surface area (Å²) < 4.78 is 11.4. The van der Waals surface area contributed by atoms with Crippen molar-refractivity contribution in [1.29, 1.82) is 0 Å². The zero-order chi connectivity index (χ0) is 23.4. The molecule has 0 aromatic rings. The lowest BCUT2D eigenvalue weighted by Crippen LogP contribution is -2.60. The minimum absolute atomic E-state index is 0.00475. The monoisotopic (exact) mass is 461 g/mol. The van der Waals surface area contributed by atoms with Crippen LogP contribution in [0.5, 0.6) is 0 Å². The Bertz CT molecular complexity index is 766. The number of hydrogen-bond donors (Lipinski definition) is 1. The van der Waals surface area contributed by atoms with Gasteiger partial charge in [-0.15, -0.1) is 0 Å². The highest BCUT2D eigenvalue weighted by Gasteiger charge is 2.64. The lowest BCUT2D eigenvalue weighted by molar-refractivity contribution is -0.179. The molecule has 9 atom stereocenters. The second kappa shape index (κ2) is 9.00. The van der Waals surface area contributed by atoms with Crippen LogP contribution in [0, 0.1) is 40.4 Å². The molecule has 0 aromatic heterocycles. The van der Waals surface area contributed by atoms with Gasteiger partial charge < -0.3 is 14.6 Å². The molecular formula is C27H43NO5. The molecular weight excluding hydrogens is 418 g/mol. The van der Waals surface area contributed by atoms with Gasteiger partial charge in [0.1, 0.15) is 11.6 Å². The third-order valence-corrected chi connectivity index (χ3v) is 10.6. The molecule has 33 heavy (non-hydrogen) atoms. The zero-order valence-electron chi connectivity index (χ0n) is 20.8. The Morgan fingerprint density at radius 3 is 2.64 bits per heavy atom. The highest BCUT2D eigenvalue weighted by Crippen LogP contribution is 2.66. The first-order valence-corrected chi connectivity index (χ1v) is 13.4. The topological polar surface area (TPSA) is 76.1 Å². The molecule has 0 spiro atoms. The number of carbonyl (C=O) groups excluding carboxylic acids is 2. The van der Waals surface area contributed by atoms with Crippen LogP contribution >= 0.6 is 0 Å². The molecule has 1 aliphatic heterocycles. The maximum Gasteiger partial charge on any atom is 0.150 e. The van der Waals surface area contributed by atoms with Crippen molar-refractivity contribution in [1.82, 2.24) is 4.90 Å². The van der Waals surface area contributed by atoms with Gasteiger partial charge in [-0.25, -0.2) is 0 Å². The van der Waals surface area contributed by atoms with E-state index in [0.717, 1.165) is 51.6 Å². The smallest absolute Gasteiger partial charge is 0.150 e. The zero-order valence-corrected chi connectivity index (χ0v) is 20.8. The number of carbonyl (C=O) groups is 2. The maximum atomic E-state index is 13.9. The summed E-state index contributed by atoms with van der Waals surface area (Å²) in [6, 6.07) is 0. The van der Waals surface area contributed by atoms with Gasteiger partial charge in [0, 0.05) is 38.0 Å². The SMILES string of the molecule is CCO[C@H]1C[C@@]2(C)[C@@H](CC[C@H]3[C@@H]4CC[C@H](C(=O)CN5CCOCC5)[C@@]4(C)CC(=O)[C@@H]32)C[C@@H]1O. The molecule has 4 saturated carbocycles. The van der Waals surface area contributed by atoms with Crippen molar-refractivity contribution in [3.63, 3.8) is 0 Å². The number of nitrogens with zero attached hydrogens (tertiary/aromatic N) is 1. The van der Waals surface area contributed by atoms with E-state index in [-0.39, 0.29) is 28.8 Å². The second-order valence-corrected chi connectivity index (χ2v) is 12.2. The highest BCUT2D eigenvalue weighted by atomic mass is 16.5. The third kappa shape index (κ3) is 3.93. The van der Waals surface area contributed by atoms with Crippen molar-refractivity contribution < 1.29 is 24.2 Å². The van der Waals surface area contributed by atoms with E-state index in [1.807, 2.05) is 6.92 Å². The van der Waals surface area contributed by atoms with Crippen LogP contribution in [0.2, 0.25) is 0 Å². The molecule has 0 radical (unpaired) electrons. The van der Waals surface area contributed by atoms with Gasteiger partial charge >= 0.3 is 0 Å². The number of Topliss-reactive ketones (excluding diaryl/α,β-unsaturated/α-hetero) is 2. The molecule has 0 amide bonds. The average molecular weight is 462 g/mol. The summed E-state index contributed by atoms with van der Waals surface area (Å²) in [5.41, 5.74) is -0.297. The van der Waals surface area contributed by atoms with Crippen LogP contribution < -0.4 is 0 Å². The van der Waals surface area contributed by atoms with E-state index >= 15 is 0 Å². The third-order valence-electron chi connectivity index (χ3n) is 10.6. The summed E-state index contributed by atoms with van der Waals surface area (Å²) in [4.78, 5) is 29.6. The van der Waals surface area contributed by atoms with Gasteiger partial charge in [0.05, 0.1) is 32.0 Å². The predicted octanol–water partition coefficient (Wildman–Crippen LogP) is 3.10. The first kappa shape index (κ1) is 23.9. The Kier molecular flexibility index (Phi) is 6.52. The van der Waals surface area contributed by atoms with Crippen molar-refractivity contribution >= 4 is 11.6 Å². The molecule has 1 N–H and O–H groups in total. The number of hydrogen-bond acceptors (Lipinski definition) is 6. The molecule has 0 aromatic carbocycles. The fourth-order valence-electron chi connectivity index (χ4n) is 9.08. The Morgan fingerprint density at radius 1 is 1.15 bits per heavy atom. The number of aliphatic hydroxyl groups is 1. The molecule has 5 fully saturated rings. The molecule has 186 valence electrons. The average Bonchev–Trinajstić information content (AvgIpc) is 3.12. The van der Waals surface area contributed by atoms with E-state index in [0.29, 0.717) is 62.1 Å². The van der Waals surface area contributed by atoms with E-state index in [2.05, 4.69) is 18.7 Å². The van der Waals surface area contributed by atoms with Crippen LogP contribution in [0.4, 0.5) is 0 Å². The largest absolute Gasteiger partial charge is 0.390 e. The number of rotatable bonds is 5. The fraction of sp³-hybridized carbons (Fsp3) is 0.926. The second-order valence-electron chi connectivity index (χ2n) is 12.2. The first-order chi connectivity index (χ1) is 15.8. The Labute approximate surface area is 198 Å². The molecule has 5 rings (SSSR count). The van der Waals surface area contributed by atoms with E-state index in [1.54, 1.807) is 0 Å². The lowest BCUT2D eigenvalue weighted by Gasteiger charge is -2.60. The normalized spacial score (nSPS) is 48.1. The molecule has 0 unspecified atom stereocenters. The van der Waals surface area contributed by atoms with Gasteiger partial charge in [0.25, 0.3) is 0 Å². The molecule has 1 saturated heterocycles. The number of morpholine rings is 1. The molecule has 1 heterocycles. The van der Waals surface area contributed by atoms with Crippen LogP contribution in [-0.2, 0) is 19.1 Å². The van der Waals surface area contributed by atoms with Crippen molar-refractivity contribution in [2.75, 3.05) is 39.5 Å². The quantitative estimate of drug-likeness (QED) is 0.678. The summed E-state index contributed by atoms with van der Waals surface area (Å²) in [6.07, 6.45) is 5.64. The van der Waals surface area contributed by atoms with Crippen LogP contribution in [0.1, 0.15) is 65.7 Å². The van der Waals surface area contributed by atoms with Crippen molar-refractivity contribution in [2.24, 2.45) is 40.4 Å². The van der Waals surface area contributed by atoms with E-state index < -0.39 is 6.10 Å². The predicted molar refractivity (Wildman–Crippen MR) is 125 cm³/mol. The van der Waals surface area contributed by atoms with Crippen molar-refractivity contribution in [3.8, 4) is 0 Å². The van der Waals surface area contributed by atoms with Crippen molar-refractivity contribution in [2.45, 2.75) is 77.9 Å². The Hall–Kier alpha value is -0.820. The van der Waals surface area contributed by atoms with Gasteiger partial charge in [-0.2, -0.15) is 0 Å². The van der Waals surface area contributed by atoms with Gasteiger partial charge in [-0.3, -0.25) is 14.5 Å². The number of ether oxygens (including phenoxy) is 2. The Morgan fingerprint density at radius 2 is 1.91 bits per heavy atom. The minimum Gasteiger partial charge on any atom is -0.390 e. The summed E-state index contributed by atoms with van der Waals surface area (Å²) in [5.74, 6) is 1.99. The van der Waals surface area contributed by atoms with Crippen LogP contribution in [0.3, 0.4) is 0 Å². The number of ketones is 2. The molecule has 6 nitrogen and oxygen atoms in total. The lowest BCUT2D eigenvalue weighted by atomic mass is 9.44. The van der Waals surface area contributed by atoms with Gasteiger partial charge in [0.2, 0.25) is 0 Å². The Balaban J connectivity index is 1.36. The van der Waals surface area contributed by atoms with Gasteiger partial charge in [-0.1, -0.05) is 13.8 Å². The number of aliphatic hydroxyl groups excluding tert-OH is 1. The van der Waals surface area contributed by atoms with Crippen LogP contribution in [0.15, 0.2) is 0 Å². The maximum absolute atomic E-state index is 13.9. The summed E-state index contributed by atoms with van der Waals surface area (Å²) in [5, 5.41) is 10.7. The number of fused-ring (bicyclic) bond motifs is 5. The van der Waals surface area contributed by atoms with Crippen LogP contribution in [-0.4, -0.2) is 73.2 Å². The first-order valence-electron chi connectivity index (χ1n) is 13.4. The molecule has 4 aliphatic carbocycles. The molecule has 6 heteroatoms. The van der Waals surface area contributed by atoms with E-state index in [9.17, 15) is 14.7 Å². The fourth-order valence-corrected chi connectivity index (χ4v) is 9.08. The summed E-state index contributed by atoms with van der Waals surface area (Å²) in [6.45, 7) is 10.7. The van der Waals surface area contributed by atoms with Gasteiger partial charge in [0.15, 0.2) is 0 Å². The summed E-state index contributed by atoms with van der Waals surface area (Å²) in [7, 11) is 0. The summed E-state index contributed by atoms with van der Waals surface area (Å²) >= 11 is 0. The van der Waals surface area contributed by atoms with Crippen molar-refractivity contribution in [3.05, 3.63) is 0 Å².